The molecule has 1 heterocycles. The molecule has 1 unspecified atom stereocenters. The van der Waals surface area contributed by atoms with Crippen LogP contribution in [0, 0.1) is 5.92 Å². The van der Waals surface area contributed by atoms with Gasteiger partial charge in [0.1, 0.15) is 6.10 Å². The fourth-order valence-corrected chi connectivity index (χ4v) is 2.13. The van der Waals surface area contributed by atoms with Gasteiger partial charge in [0.15, 0.2) is 0 Å². The normalized spacial score (nSPS) is 15.8. The Kier molecular flexibility index (Phi) is 5.38. The molecule has 0 aliphatic carbocycles. The highest BCUT2D eigenvalue weighted by molar-refractivity contribution is 5.97. The summed E-state index contributed by atoms with van der Waals surface area (Å²) >= 11 is 0. The number of rotatable bonds is 6. The molecule has 1 atom stereocenters. The number of nitrogens with zero attached hydrogens (tertiary/aromatic N) is 1. The third-order valence-electron chi connectivity index (χ3n) is 3.33. The Morgan fingerprint density at radius 1 is 1.41 bits per heavy atom. The fourth-order valence-electron chi connectivity index (χ4n) is 2.13. The number of carbonyl (C=O) groups excluding carboxylic acids is 2. The molecule has 0 aromatic heterocycles. The summed E-state index contributed by atoms with van der Waals surface area (Å²) in [5.74, 6) is 0.191. The molecule has 1 aromatic rings. The molecule has 2 N–H and O–H groups in total. The maximum Gasteiger partial charge on any atom is 0.321 e. The number of urea groups is 1. The number of hydrogen-bond donors (Lipinski definition) is 2. The van der Waals surface area contributed by atoms with Gasteiger partial charge in [-0.25, -0.2) is 4.79 Å². The van der Waals surface area contributed by atoms with E-state index in [1.165, 1.54) is 0 Å². The molecule has 0 radical (unpaired) electrons. The lowest BCUT2D eigenvalue weighted by molar-refractivity contribution is -0.126. The van der Waals surface area contributed by atoms with E-state index in [4.69, 9.17) is 4.74 Å². The SMILES string of the molecule is CC(C)COC(C)C(=O)Nc1cccc(N2CCNC2=O)c1. The average molecular weight is 305 g/mol. The highest BCUT2D eigenvalue weighted by atomic mass is 16.5. The standard InChI is InChI=1S/C16H23N3O3/c1-11(2)10-22-12(3)15(20)18-13-5-4-6-14(9-13)19-8-7-17-16(19)21/h4-6,9,11-12H,7-8,10H2,1-3H3,(H,17,21)(H,18,20). The van der Waals surface area contributed by atoms with Crippen LogP contribution in [0.25, 0.3) is 0 Å². The summed E-state index contributed by atoms with van der Waals surface area (Å²) in [6.07, 6.45) is -0.513. The molecule has 1 aliphatic rings. The molecule has 3 amide bonds. The molecule has 0 saturated carbocycles. The van der Waals surface area contributed by atoms with Gasteiger partial charge in [0, 0.05) is 31.1 Å². The summed E-state index contributed by atoms with van der Waals surface area (Å²) in [7, 11) is 0. The second kappa shape index (κ2) is 7.26. The smallest absolute Gasteiger partial charge is 0.321 e. The van der Waals surface area contributed by atoms with E-state index in [1.54, 1.807) is 24.0 Å². The molecule has 2 rings (SSSR count). The van der Waals surface area contributed by atoms with Crippen molar-refractivity contribution in [1.29, 1.82) is 0 Å². The van der Waals surface area contributed by atoms with Crippen LogP contribution in [0.5, 0.6) is 0 Å². The fraction of sp³-hybridized carbons (Fsp3) is 0.500. The Labute approximate surface area is 130 Å². The maximum absolute atomic E-state index is 12.1. The third-order valence-corrected chi connectivity index (χ3v) is 3.33. The lowest BCUT2D eigenvalue weighted by Crippen LogP contribution is -2.29. The second-order valence-corrected chi connectivity index (χ2v) is 5.79. The van der Waals surface area contributed by atoms with Crippen molar-refractivity contribution in [2.75, 3.05) is 29.9 Å². The number of amides is 3. The number of nitrogens with one attached hydrogen (secondary N) is 2. The molecule has 120 valence electrons. The lowest BCUT2D eigenvalue weighted by Gasteiger charge is -2.17. The number of hydrogen-bond acceptors (Lipinski definition) is 3. The number of benzene rings is 1. The number of anilines is 2. The maximum atomic E-state index is 12.1. The average Bonchev–Trinajstić information content (AvgIpc) is 2.91. The zero-order valence-corrected chi connectivity index (χ0v) is 13.3. The largest absolute Gasteiger partial charge is 0.368 e. The minimum absolute atomic E-state index is 0.114. The van der Waals surface area contributed by atoms with Crippen LogP contribution in [0.1, 0.15) is 20.8 Å². The molecular weight excluding hydrogens is 282 g/mol. The Bertz CT molecular complexity index is 545. The van der Waals surface area contributed by atoms with Gasteiger partial charge in [0.05, 0.1) is 0 Å². The quantitative estimate of drug-likeness (QED) is 0.846. The summed E-state index contributed by atoms with van der Waals surface area (Å²) in [5.41, 5.74) is 1.42. The van der Waals surface area contributed by atoms with Crippen molar-refractivity contribution in [3.63, 3.8) is 0 Å². The topological polar surface area (TPSA) is 70.7 Å². The van der Waals surface area contributed by atoms with Gasteiger partial charge in [-0.3, -0.25) is 9.69 Å². The van der Waals surface area contributed by atoms with Crippen molar-refractivity contribution in [1.82, 2.24) is 5.32 Å². The predicted molar refractivity (Wildman–Crippen MR) is 86.1 cm³/mol. The number of carbonyl (C=O) groups is 2. The van der Waals surface area contributed by atoms with Crippen molar-refractivity contribution in [2.45, 2.75) is 26.9 Å². The monoisotopic (exact) mass is 305 g/mol. The van der Waals surface area contributed by atoms with Crippen LogP contribution < -0.4 is 15.5 Å². The first-order chi connectivity index (χ1) is 10.5. The van der Waals surface area contributed by atoms with Gasteiger partial charge in [0.2, 0.25) is 0 Å². The predicted octanol–water partition coefficient (Wildman–Crippen LogP) is 2.22. The van der Waals surface area contributed by atoms with E-state index in [9.17, 15) is 9.59 Å². The third kappa shape index (κ3) is 4.21. The van der Waals surface area contributed by atoms with Gasteiger partial charge in [-0.2, -0.15) is 0 Å². The van der Waals surface area contributed by atoms with Crippen molar-refractivity contribution in [2.24, 2.45) is 5.92 Å². The van der Waals surface area contributed by atoms with E-state index < -0.39 is 6.10 Å². The Balaban J connectivity index is 1.98. The van der Waals surface area contributed by atoms with Crippen LogP contribution in [0.4, 0.5) is 16.2 Å². The molecule has 1 saturated heterocycles. The van der Waals surface area contributed by atoms with Crippen LogP contribution in [0.3, 0.4) is 0 Å². The van der Waals surface area contributed by atoms with Gasteiger partial charge < -0.3 is 15.4 Å². The van der Waals surface area contributed by atoms with Crippen LogP contribution >= 0.6 is 0 Å². The Morgan fingerprint density at radius 2 is 2.18 bits per heavy atom. The van der Waals surface area contributed by atoms with Crippen LogP contribution in [0.15, 0.2) is 24.3 Å². The summed E-state index contributed by atoms with van der Waals surface area (Å²) in [5, 5.41) is 5.58. The molecule has 0 bridgehead atoms. The minimum atomic E-state index is -0.513. The number of ether oxygens (including phenoxy) is 1. The van der Waals surface area contributed by atoms with Crippen molar-refractivity contribution < 1.29 is 14.3 Å². The molecule has 0 spiro atoms. The molecule has 6 heteroatoms. The summed E-state index contributed by atoms with van der Waals surface area (Å²) in [4.78, 5) is 25.4. The first-order valence-corrected chi connectivity index (χ1v) is 7.55. The van der Waals surface area contributed by atoms with E-state index in [0.29, 0.717) is 31.3 Å². The zero-order chi connectivity index (χ0) is 16.1. The van der Waals surface area contributed by atoms with E-state index in [1.807, 2.05) is 26.0 Å². The first-order valence-electron chi connectivity index (χ1n) is 7.55. The summed E-state index contributed by atoms with van der Waals surface area (Å²) < 4.78 is 5.50. The van der Waals surface area contributed by atoms with E-state index in [0.717, 1.165) is 5.69 Å². The molecule has 1 aromatic carbocycles. The zero-order valence-electron chi connectivity index (χ0n) is 13.3. The second-order valence-electron chi connectivity index (χ2n) is 5.79. The molecule has 1 aliphatic heterocycles. The Morgan fingerprint density at radius 3 is 2.82 bits per heavy atom. The summed E-state index contributed by atoms with van der Waals surface area (Å²) in [6, 6.07) is 7.13. The van der Waals surface area contributed by atoms with Gasteiger partial charge in [-0.1, -0.05) is 19.9 Å². The van der Waals surface area contributed by atoms with E-state index in [2.05, 4.69) is 10.6 Å². The molecule has 6 nitrogen and oxygen atoms in total. The van der Waals surface area contributed by atoms with Crippen LogP contribution in [-0.4, -0.2) is 37.7 Å². The molecule has 1 fully saturated rings. The minimum Gasteiger partial charge on any atom is -0.368 e. The van der Waals surface area contributed by atoms with Crippen molar-refractivity contribution in [3.8, 4) is 0 Å². The lowest BCUT2D eigenvalue weighted by atomic mass is 10.2. The van der Waals surface area contributed by atoms with Crippen molar-refractivity contribution >= 4 is 23.3 Å². The highest BCUT2D eigenvalue weighted by Crippen LogP contribution is 2.21. The van der Waals surface area contributed by atoms with Gasteiger partial charge in [-0.15, -0.1) is 0 Å². The van der Waals surface area contributed by atoms with Crippen molar-refractivity contribution in [3.05, 3.63) is 24.3 Å². The highest BCUT2D eigenvalue weighted by Gasteiger charge is 2.21. The van der Waals surface area contributed by atoms with Gasteiger partial charge in [0.25, 0.3) is 5.91 Å². The Hall–Kier alpha value is -2.08. The van der Waals surface area contributed by atoms with Crippen LogP contribution in [-0.2, 0) is 9.53 Å². The van der Waals surface area contributed by atoms with Gasteiger partial charge >= 0.3 is 6.03 Å². The van der Waals surface area contributed by atoms with Gasteiger partial charge in [-0.05, 0) is 31.0 Å². The molecule has 22 heavy (non-hydrogen) atoms. The first kappa shape index (κ1) is 16.3. The van der Waals surface area contributed by atoms with E-state index in [-0.39, 0.29) is 11.9 Å². The molecular formula is C16H23N3O3. The van der Waals surface area contributed by atoms with Crippen LogP contribution in [0.2, 0.25) is 0 Å². The summed E-state index contributed by atoms with van der Waals surface area (Å²) in [6.45, 7) is 7.61. The van der Waals surface area contributed by atoms with E-state index >= 15 is 0 Å².